The molecule has 6 heteroatoms. The molecule has 3 heterocycles. The Hall–Kier alpha value is -2.94. The van der Waals surface area contributed by atoms with Crippen LogP contribution in [-0.4, -0.2) is 40.4 Å². The van der Waals surface area contributed by atoms with E-state index < -0.39 is 5.41 Å². The van der Waals surface area contributed by atoms with Gasteiger partial charge < -0.3 is 9.80 Å². The third-order valence-electron chi connectivity index (χ3n) is 6.66. The van der Waals surface area contributed by atoms with Gasteiger partial charge in [-0.25, -0.2) is 9.97 Å². The number of nitrogens with zero attached hydrogens (tertiary/aromatic N) is 5. The van der Waals surface area contributed by atoms with E-state index in [0.717, 1.165) is 31.9 Å². The number of carbonyl (C=O) groups is 1. The van der Waals surface area contributed by atoms with E-state index >= 15 is 0 Å². The van der Waals surface area contributed by atoms with Crippen molar-refractivity contribution in [1.29, 1.82) is 5.26 Å². The highest BCUT2D eigenvalue weighted by molar-refractivity contribution is 5.88. The fraction of sp³-hybridized carbons (Fsp3) is 0.455. The van der Waals surface area contributed by atoms with Crippen LogP contribution in [0.3, 0.4) is 0 Å². The van der Waals surface area contributed by atoms with Crippen LogP contribution in [0.1, 0.15) is 36.8 Å². The number of hydrogen-bond acceptors (Lipinski definition) is 5. The summed E-state index contributed by atoms with van der Waals surface area (Å²) >= 11 is 0. The highest BCUT2D eigenvalue weighted by Crippen LogP contribution is 2.48. The first-order valence-corrected chi connectivity index (χ1v) is 9.97. The van der Waals surface area contributed by atoms with Gasteiger partial charge in [0.05, 0.1) is 6.07 Å². The van der Waals surface area contributed by atoms with Crippen molar-refractivity contribution in [2.24, 2.45) is 5.41 Å². The van der Waals surface area contributed by atoms with E-state index in [9.17, 15) is 10.1 Å². The van der Waals surface area contributed by atoms with Crippen molar-refractivity contribution in [1.82, 2.24) is 14.9 Å². The van der Waals surface area contributed by atoms with Gasteiger partial charge in [-0.15, -0.1) is 0 Å². The third-order valence-corrected chi connectivity index (χ3v) is 6.66. The van der Waals surface area contributed by atoms with Crippen LogP contribution in [0, 0.1) is 16.7 Å². The van der Waals surface area contributed by atoms with Gasteiger partial charge in [0, 0.05) is 44.0 Å². The smallest absolute Gasteiger partial charge is 0.243 e. The Morgan fingerprint density at radius 3 is 2.43 bits per heavy atom. The number of piperidine rings is 1. The second-order valence-corrected chi connectivity index (χ2v) is 8.33. The van der Waals surface area contributed by atoms with Crippen molar-refractivity contribution >= 4 is 11.9 Å². The van der Waals surface area contributed by atoms with Crippen molar-refractivity contribution in [2.45, 2.75) is 37.6 Å². The number of amides is 1. The van der Waals surface area contributed by atoms with E-state index in [0.29, 0.717) is 25.9 Å². The molecule has 1 aromatic heterocycles. The van der Waals surface area contributed by atoms with E-state index in [1.165, 1.54) is 11.1 Å². The lowest BCUT2D eigenvalue weighted by atomic mass is 9.68. The Kier molecular flexibility index (Phi) is 3.87. The van der Waals surface area contributed by atoms with E-state index in [1.54, 1.807) is 12.4 Å². The Labute approximate surface area is 164 Å². The first-order chi connectivity index (χ1) is 13.7. The van der Waals surface area contributed by atoms with Gasteiger partial charge in [0.1, 0.15) is 5.41 Å². The van der Waals surface area contributed by atoms with Crippen LogP contribution < -0.4 is 4.90 Å². The van der Waals surface area contributed by atoms with Gasteiger partial charge >= 0.3 is 0 Å². The van der Waals surface area contributed by atoms with Gasteiger partial charge in [-0.2, -0.15) is 5.26 Å². The van der Waals surface area contributed by atoms with Crippen molar-refractivity contribution < 1.29 is 4.79 Å². The highest BCUT2D eigenvalue weighted by Gasteiger charge is 2.54. The summed E-state index contributed by atoms with van der Waals surface area (Å²) in [6.45, 7) is 3.09. The summed E-state index contributed by atoms with van der Waals surface area (Å²) in [7, 11) is 0. The number of hydrogen-bond donors (Lipinski definition) is 0. The fourth-order valence-electron chi connectivity index (χ4n) is 4.85. The van der Waals surface area contributed by atoms with Gasteiger partial charge in [-0.05, 0) is 42.9 Å². The first kappa shape index (κ1) is 17.2. The number of rotatable bonds is 2. The molecule has 28 heavy (non-hydrogen) atoms. The Morgan fingerprint density at radius 1 is 1.04 bits per heavy atom. The number of likely N-dealkylation sites (tertiary alicyclic amines) is 1. The maximum Gasteiger partial charge on any atom is 0.243 e. The maximum absolute atomic E-state index is 12.8. The molecule has 6 nitrogen and oxygen atoms in total. The van der Waals surface area contributed by atoms with Crippen LogP contribution in [0.5, 0.6) is 0 Å². The lowest BCUT2D eigenvalue weighted by Crippen LogP contribution is -2.54. The van der Waals surface area contributed by atoms with E-state index in [-0.39, 0.29) is 11.3 Å². The second kappa shape index (κ2) is 6.30. The zero-order chi connectivity index (χ0) is 19.2. The Balaban J connectivity index is 1.42. The highest BCUT2D eigenvalue weighted by atomic mass is 16.2. The number of anilines is 1. The van der Waals surface area contributed by atoms with Gasteiger partial charge in [0.25, 0.3) is 0 Å². The van der Waals surface area contributed by atoms with Gasteiger partial charge in [-0.3, -0.25) is 4.79 Å². The molecule has 0 bridgehead atoms. The van der Waals surface area contributed by atoms with Crippen LogP contribution in [-0.2, 0) is 16.8 Å². The van der Waals surface area contributed by atoms with Crippen LogP contribution in [0.25, 0.3) is 0 Å². The lowest BCUT2D eigenvalue weighted by molar-refractivity contribution is -0.136. The molecule has 142 valence electrons. The van der Waals surface area contributed by atoms with Crippen molar-refractivity contribution in [3.05, 3.63) is 53.9 Å². The largest absolute Gasteiger partial charge is 0.341 e. The van der Waals surface area contributed by atoms with Crippen LogP contribution >= 0.6 is 0 Å². The molecule has 1 saturated heterocycles. The Morgan fingerprint density at radius 2 is 1.75 bits per heavy atom. The molecule has 1 amide bonds. The van der Waals surface area contributed by atoms with E-state index in [2.05, 4.69) is 45.2 Å². The summed E-state index contributed by atoms with van der Waals surface area (Å²) in [5.74, 6) is 0.800. The molecule has 0 N–H and O–H groups in total. The topological polar surface area (TPSA) is 73.1 Å². The molecule has 2 aromatic rings. The number of aromatic nitrogens is 2. The SMILES string of the molecule is N#CC1(C(=O)N2CCC3(CC2)CN(c2ncccn2)Cc2ccccc23)CC1. The maximum atomic E-state index is 12.8. The number of nitriles is 1. The fourth-order valence-corrected chi connectivity index (χ4v) is 4.85. The minimum Gasteiger partial charge on any atom is -0.341 e. The molecule has 2 aliphatic heterocycles. The third kappa shape index (κ3) is 2.65. The normalized spacial score (nSPS) is 21.7. The summed E-state index contributed by atoms with van der Waals surface area (Å²) < 4.78 is 0. The monoisotopic (exact) mass is 373 g/mol. The molecule has 2 fully saturated rings. The van der Waals surface area contributed by atoms with Gasteiger partial charge in [0.15, 0.2) is 0 Å². The predicted octanol–water partition coefficient (Wildman–Crippen LogP) is 2.66. The summed E-state index contributed by atoms with van der Waals surface area (Å²) in [4.78, 5) is 25.9. The average molecular weight is 373 g/mol. The standard InChI is InChI=1S/C22H23N5O/c23-15-21(6-7-21)19(28)26-12-8-22(9-13-26)16-27(20-24-10-3-11-25-20)14-17-4-1-2-5-18(17)22/h1-5,10-11H,6-9,12-14,16H2. The number of fused-ring (bicyclic) bond motifs is 2. The summed E-state index contributed by atoms with van der Waals surface area (Å²) in [6.07, 6.45) is 6.81. The van der Waals surface area contributed by atoms with E-state index in [1.807, 2.05) is 11.0 Å². The summed E-state index contributed by atoms with van der Waals surface area (Å²) in [6, 6.07) is 12.7. The van der Waals surface area contributed by atoms with Gasteiger partial charge in [0.2, 0.25) is 11.9 Å². The number of benzene rings is 1. The summed E-state index contributed by atoms with van der Waals surface area (Å²) in [5, 5.41) is 9.37. The molecule has 1 spiro atoms. The molecular formula is C22H23N5O. The molecule has 0 radical (unpaired) electrons. The second-order valence-electron chi connectivity index (χ2n) is 8.33. The Bertz CT molecular complexity index is 939. The zero-order valence-electron chi connectivity index (χ0n) is 15.8. The van der Waals surface area contributed by atoms with Crippen LogP contribution in [0.15, 0.2) is 42.7 Å². The molecule has 0 unspecified atom stereocenters. The molecule has 3 aliphatic rings. The quantitative estimate of drug-likeness (QED) is 0.809. The number of carbonyl (C=O) groups excluding carboxylic acids is 1. The van der Waals surface area contributed by atoms with E-state index in [4.69, 9.17) is 0 Å². The molecule has 1 aliphatic carbocycles. The average Bonchev–Trinajstić information content (AvgIpc) is 3.56. The molecule has 0 atom stereocenters. The van der Waals surface area contributed by atoms with Crippen LogP contribution in [0.2, 0.25) is 0 Å². The minimum atomic E-state index is -0.723. The summed E-state index contributed by atoms with van der Waals surface area (Å²) in [5.41, 5.74) is 1.99. The first-order valence-electron chi connectivity index (χ1n) is 9.97. The molecule has 1 aromatic carbocycles. The van der Waals surface area contributed by atoms with Gasteiger partial charge in [-0.1, -0.05) is 24.3 Å². The minimum absolute atomic E-state index is 0.00577. The molecule has 1 saturated carbocycles. The predicted molar refractivity (Wildman–Crippen MR) is 104 cm³/mol. The van der Waals surface area contributed by atoms with Crippen molar-refractivity contribution in [3.63, 3.8) is 0 Å². The van der Waals surface area contributed by atoms with Crippen molar-refractivity contribution in [3.8, 4) is 6.07 Å². The zero-order valence-corrected chi connectivity index (χ0v) is 15.8. The lowest BCUT2D eigenvalue weighted by Gasteiger charge is -2.48. The molecular weight excluding hydrogens is 350 g/mol. The van der Waals surface area contributed by atoms with Crippen molar-refractivity contribution in [2.75, 3.05) is 24.5 Å². The van der Waals surface area contributed by atoms with Crippen LogP contribution in [0.4, 0.5) is 5.95 Å². The molecule has 5 rings (SSSR count).